The fourth-order valence-corrected chi connectivity index (χ4v) is 1.45. The number of hydrogen-bond acceptors (Lipinski definition) is 5. The van der Waals surface area contributed by atoms with Gasteiger partial charge in [-0.25, -0.2) is 0 Å². The van der Waals surface area contributed by atoms with E-state index in [4.69, 9.17) is 10.2 Å². The van der Waals surface area contributed by atoms with Crippen LogP contribution in [0.5, 0.6) is 0 Å². The minimum absolute atomic E-state index is 0.0155. The van der Waals surface area contributed by atoms with Gasteiger partial charge in [-0.2, -0.15) is 0 Å². The largest absolute Gasteiger partial charge is 0.395 e. The van der Waals surface area contributed by atoms with Gasteiger partial charge in [0.15, 0.2) is 0 Å². The summed E-state index contributed by atoms with van der Waals surface area (Å²) in [5.41, 5.74) is 1.11. The third-order valence-electron chi connectivity index (χ3n) is 2.29. The van der Waals surface area contributed by atoms with Gasteiger partial charge in [0, 0.05) is 37.0 Å². The van der Waals surface area contributed by atoms with Gasteiger partial charge in [0.2, 0.25) is 0 Å². The Hall–Kier alpha value is -1.66. The van der Waals surface area contributed by atoms with Crippen molar-refractivity contribution in [3.05, 3.63) is 33.9 Å². The molecule has 0 unspecified atom stereocenters. The molecule has 2 N–H and O–H groups in total. The number of nitrogens with zero attached hydrogens (tertiary/aromatic N) is 2. The minimum Gasteiger partial charge on any atom is -0.395 e. The second-order valence-electron chi connectivity index (χ2n) is 3.37. The van der Waals surface area contributed by atoms with Crippen molar-refractivity contribution in [2.75, 3.05) is 25.1 Å². The predicted molar refractivity (Wildman–Crippen MR) is 59.4 cm³/mol. The Kier molecular flexibility index (Phi) is 4.21. The molecule has 0 aliphatic heterocycles. The van der Waals surface area contributed by atoms with Gasteiger partial charge >= 0.3 is 0 Å². The van der Waals surface area contributed by atoms with E-state index in [2.05, 4.69) is 0 Å². The lowest BCUT2D eigenvalue weighted by Gasteiger charge is -2.20. The Morgan fingerprint density at radius 1 is 1.44 bits per heavy atom. The first-order valence-electron chi connectivity index (χ1n) is 4.80. The molecule has 0 fully saturated rings. The quantitative estimate of drug-likeness (QED) is 0.564. The lowest BCUT2D eigenvalue weighted by atomic mass is 10.1. The number of non-ortho nitro benzene ring substituents is 1. The topological polar surface area (TPSA) is 86.8 Å². The lowest BCUT2D eigenvalue weighted by Crippen LogP contribution is -2.22. The van der Waals surface area contributed by atoms with Gasteiger partial charge in [0.1, 0.15) is 0 Å². The van der Waals surface area contributed by atoms with E-state index in [0.29, 0.717) is 17.8 Å². The van der Waals surface area contributed by atoms with Crippen molar-refractivity contribution in [2.45, 2.75) is 6.61 Å². The Balaban J connectivity index is 3.06. The number of nitro benzene ring substituents is 1. The summed E-state index contributed by atoms with van der Waals surface area (Å²) >= 11 is 0. The first kappa shape index (κ1) is 12.4. The van der Waals surface area contributed by atoms with E-state index < -0.39 is 4.92 Å². The van der Waals surface area contributed by atoms with E-state index in [1.807, 2.05) is 0 Å². The van der Waals surface area contributed by atoms with Gasteiger partial charge < -0.3 is 15.1 Å². The second kappa shape index (κ2) is 5.43. The summed E-state index contributed by atoms with van der Waals surface area (Å²) in [6, 6.07) is 4.28. The molecule has 6 nitrogen and oxygen atoms in total. The molecule has 0 saturated carbocycles. The maximum absolute atomic E-state index is 10.5. The van der Waals surface area contributed by atoms with Crippen LogP contribution in [0.4, 0.5) is 11.4 Å². The van der Waals surface area contributed by atoms with Crippen LogP contribution in [0.25, 0.3) is 0 Å². The lowest BCUT2D eigenvalue weighted by molar-refractivity contribution is -0.384. The molecule has 0 heterocycles. The molecule has 16 heavy (non-hydrogen) atoms. The highest BCUT2D eigenvalue weighted by atomic mass is 16.6. The zero-order chi connectivity index (χ0) is 12.1. The molecule has 0 aliphatic carbocycles. The van der Waals surface area contributed by atoms with Gasteiger partial charge in [-0.3, -0.25) is 10.1 Å². The molecule has 0 spiro atoms. The molecule has 1 aromatic rings. The SMILES string of the molecule is CN(CCO)c1ccc([N+](=O)[O-])cc1CO. The molecular weight excluding hydrogens is 212 g/mol. The number of likely N-dealkylation sites (N-methyl/N-ethyl adjacent to an activating group) is 1. The molecule has 0 aromatic heterocycles. The summed E-state index contributed by atoms with van der Waals surface area (Å²) in [5, 5.41) is 28.5. The molecule has 0 atom stereocenters. The van der Waals surface area contributed by atoms with Crippen LogP contribution in [-0.2, 0) is 6.61 Å². The number of anilines is 1. The van der Waals surface area contributed by atoms with E-state index in [1.54, 1.807) is 18.0 Å². The monoisotopic (exact) mass is 226 g/mol. The molecule has 0 amide bonds. The summed E-state index contributed by atoms with van der Waals surface area (Å²) < 4.78 is 0. The highest BCUT2D eigenvalue weighted by molar-refractivity contribution is 5.57. The van der Waals surface area contributed by atoms with Gasteiger partial charge in [0.25, 0.3) is 5.69 Å². The summed E-state index contributed by atoms with van der Waals surface area (Å²) in [6.45, 7) is 0.121. The fourth-order valence-electron chi connectivity index (χ4n) is 1.45. The molecule has 6 heteroatoms. The normalized spacial score (nSPS) is 10.2. The Bertz CT molecular complexity index is 381. The molecule has 1 rings (SSSR count). The zero-order valence-electron chi connectivity index (χ0n) is 8.96. The van der Waals surface area contributed by atoms with Crippen LogP contribution in [-0.4, -0.2) is 35.3 Å². The first-order valence-corrected chi connectivity index (χ1v) is 4.80. The van der Waals surface area contributed by atoms with Crippen LogP contribution in [0.1, 0.15) is 5.56 Å². The van der Waals surface area contributed by atoms with Crippen LogP contribution in [0, 0.1) is 10.1 Å². The Morgan fingerprint density at radius 2 is 2.12 bits per heavy atom. The number of aliphatic hydroxyl groups is 2. The number of aliphatic hydroxyl groups excluding tert-OH is 2. The Morgan fingerprint density at radius 3 is 2.62 bits per heavy atom. The molecule has 0 radical (unpaired) electrons. The smallest absolute Gasteiger partial charge is 0.269 e. The summed E-state index contributed by atoms with van der Waals surface area (Å²) in [5.74, 6) is 0. The Labute approximate surface area is 92.9 Å². The highest BCUT2D eigenvalue weighted by Gasteiger charge is 2.12. The average molecular weight is 226 g/mol. The van der Waals surface area contributed by atoms with E-state index in [-0.39, 0.29) is 18.9 Å². The number of nitro groups is 1. The molecule has 88 valence electrons. The van der Waals surface area contributed by atoms with Crippen molar-refractivity contribution in [3.63, 3.8) is 0 Å². The first-order chi connectivity index (χ1) is 7.60. The molecule has 0 saturated heterocycles. The van der Waals surface area contributed by atoms with Gasteiger partial charge in [-0.15, -0.1) is 0 Å². The maximum atomic E-state index is 10.5. The third kappa shape index (κ3) is 2.68. The van der Waals surface area contributed by atoms with Crippen molar-refractivity contribution in [1.82, 2.24) is 0 Å². The third-order valence-corrected chi connectivity index (χ3v) is 2.29. The molecular formula is C10H14N2O4. The number of rotatable bonds is 5. The van der Waals surface area contributed by atoms with Crippen LogP contribution in [0.2, 0.25) is 0 Å². The maximum Gasteiger partial charge on any atom is 0.269 e. The fraction of sp³-hybridized carbons (Fsp3) is 0.400. The standard InChI is InChI=1S/C10H14N2O4/c1-11(4-5-13)10-3-2-9(12(15)16)6-8(10)7-14/h2-3,6,13-14H,4-5,7H2,1H3. The van der Waals surface area contributed by atoms with Crippen LogP contribution >= 0.6 is 0 Å². The number of benzene rings is 1. The van der Waals surface area contributed by atoms with Gasteiger partial charge in [-0.1, -0.05) is 0 Å². The summed E-state index contributed by atoms with van der Waals surface area (Å²) in [6.07, 6.45) is 0. The van der Waals surface area contributed by atoms with E-state index >= 15 is 0 Å². The minimum atomic E-state index is -0.505. The van der Waals surface area contributed by atoms with Crippen molar-refractivity contribution >= 4 is 11.4 Å². The van der Waals surface area contributed by atoms with Gasteiger partial charge in [0.05, 0.1) is 18.1 Å². The van der Waals surface area contributed by atoms with Crippen LogP contribution in [0.15, 0.2) is 18.2 Å². The average Bonchev–Trinajstić information content (AvgIpc) is 2.28. The molecule has 1 aromatic carbocycles. The van der Waals surface area contributed by atoms with E-state index in [9.17, 15) is 10.1 Å². The van der Waals surface area contributed by atoms with Crippen molar-refractivity contribution < 1.29 is 15.1 Å². The van der Waals surface area contributed by atoms with Crippen LogP contribution in [0.3, 0.4) is 0 Å². The van der Waals surface area contributed by atoms with Gasteiger partial charge in [-0.05, 0) is 6.07 Å². The highest BCUT2D eigenvalue weighted by Crippen LogP contribution is 2.24. The van der Waals surface area contributed by atoms with E-state index in [1.165, 1.54) is 12.1 Å². The zero-order valence-corrected chi connectivity index (χ0v) is 8.96. The summed E-state index contributed by atoms with van der Waals surface area (Å²) in [4.78, 5) is 11.8. The summed E-state index contributed by atoms with van der Waals surface area (Å²) in [7, 11) is 1.75. The van der Waals surface area contributed by atoms with Crippen molar-refractivity contribution in [2.24, 2.45) is 0 Å². The molecule has 0 aliphatic rings. The molecule has 0 bridgehead atoms. The van der Waals surface area contributed by atoms with Crippen molar-refractivity contribution in [1.29, 1.82) is 0 Å². The second-order valence-corrected chi connectivity index (χ2v) is 3.37. The predicted octanol–water partition coefficient (Wildman–Crippen LogP) is 0.516. The van der Waals surface area contributed by atoms with Crippen molar-refractivity contribution in [3.8, 4) is 0 Å². The number of hydrogen-bond donors (Lipinski definition) is 2. The van der Waals surface area contributed by atoms with E-state index in [0.717, 1.165) is 0 Å². The van der Waals surface area contributed by atoms with Crippen LogP contribution < -0.4 is 4.90 Å².